The van der Waals surface area contributed by atoms with Gasteiger partial charge in [0.15, 0.2) is 0 Å². The zero-order valence-corrected chi connectivity index (χ0v) is 11.7. The Morgan fingerprint density at radius 2 is 1.80 bits per heavy atom. The van der Waals surface area contributed by atoms with Gasteiger partial charge in [0.25, 0.3) is 5.76 Å². The molecular weight excluding hydrogens is 302 g/mol. The molecule has 2 nitrogen and oxygen atoms in total. The summed E-state index contributed by atoms with van der Waals surface area (Å²) in [6.07, 6.45) is 3.63. The molecule has 0 spiro atoms. The average molecular weight is 311 g/mol. The van der Waals surface area contributed by atoms with E-state index in [2.05, 4.69) is 4.98 Å². The van der Waals surface area contributed by atoms with Gasteiger partial charge in [0.2, 0.25) is 0 Å². The molecule has 102 valence electrons. The molecule has 3 aromatic rings. The van der Waals surface area contributed by atoms with Gasteiger partial charge in [-0.25, -0.2) is 4.98 Å². The number of imidazole rings is 1. The smallest absolute Gasteiger partial charge is 0.288 e. The maximum atomic E-state index is 12.3. The topological polar surface area (TPSA) is 17.3 Å². The molecule has 0 amide bonds. The van der Waals surface area contributed by atoms with Crippen LogP contribution in [0.1, 0.15) is 0 Å². The maximum absolute atomic E-state index is 12.3. The van der Waals surface area contributed by atoms with Crippen molar-refractivity contribution in [1.29, 1.82) is 0 Å². The summed E-state index contributed by atoms with van der Waals surface area (Å²) in [5, 5.41) is 0.630. The lowest BCUT2D eigenvalue weighted by Crippen LogP contribution is -1.82. The third-order valence-electron chi connectivity index (χ3n) is 2.79. The molecule has 0 saturated carbocycles. The highest BCUT2D eigenvalue weighted by molar-refractivity contribution is 7.99. The van der Waals surface area contributed by atoms with E-state index in [-0.39, 0.29) is 0 Å². The zero-order valence-electron chi connectivity index (χ0n) is 10.1. The van der Waals surface area contributed by atoms with E-state index in [1.54, 1.807) is 36.5 Å². The minimum atomic E-state index is -2.40. The van der Waals surface area contributed by atoms with E-state index in [0.717, 1.165) is 16.9 Å². The first-order valence-electron chi connectivity index (χ1n) is 5.81. The van der Waals surface area contributed by atoms with E-state index in [1.165, 1.54) is 0 Å². The van der Waals surface area contributed by atoms with E-state index in [4.69, 9.17) is 11.6 Å². The van der Waals surface area contributed by atoms with Gasteiger partial charge in [-0.2, -0.15) is 8.78 Å². The number of hydrogen-bond donors (Lipinski definition) is 0. The minimum Gasteiger partial charge on any atom is -0.305 e. The normalized spacial score (nSPS) is 11.4. The molecule has 0 unspecified atom stereocenters. The van der Waals surface area contributed by atoms with Crippen LogP contribution < -0.4 is 0 Å². The fourth-order valence-electron chi connectivity index (χ4n) is 1.91. The van der Waals surface area contributed by atoms with E-state index < -0.39 is 5.76 Å². The molecule has 1 aromatic carbocycles. The van der Waals surface area contributed by atoms with Crippen LogP contribution in [0, 0.1) is 0 Å². The summed E-state index contributed by atoms with van der Waals surface area (Å²) in [6, 6.07) is 10.5. The summed E-state index contributed by atoms with van der Waals surface area (Å²) in [6.45, 7) is 0. The largest absolute Gasteiger partial charge is 0.305 e. The lowest BCUT2D eigenvalue weighted by molar-refractivity contribution is 0.252. The molecule has 0 aliphatic heterocycles. The quantitative estimate of drug-likeness (QED) is 0.635. The fraction of sp³-hybridized carbons (Fsp3) is 0.0714. The molecule has 3 rings (SSSR count). The molecule has 0 fully saturated rings. The second-order valence-electron chi connectivity index (χ2n) is 4.14. The number of halogens is 3. The molecule has 0 aliphatic rings. The number of fused-ring (bicyclic) bond motifs is 1. The Hall–Kier alpha value is -1.59. The summed E-state index contributed by atoms with van der Waals surface area (Å²) < 4.78 is 26.3. The summed E-state index contributed by atoms with van der Waals surface area (Å²) in [5.41, 5.74) is 2.44. The SMILES string of the molecule is FC(F)Sc1ccc(-c2cn3cc(Cl)ccc3n2)cc1. The van der Waals surface area contributed by atoms with Crippen LogP contribution in [0.15, 0.2) is 53.7 Å². The number of alkyl halides is 2. The Morgan fingerprint density at radius 1 is 1.05 bits per heavy atom. The molecule has 6 heteroatoms. The van der Waals surface area contributed by atoms with Crippen molar-refractivity contribution in [2.24, 2.45) is 0 Å². The predicted octanol–water partition coefficient (Wildman–Crippen LogP) is 4.97. The number of pyridine rings is 1. The second kappa shape index (κ2) is 5.42. The maximum Gasteiger partial charge on any atom is 0.288 e. The van der Waals surface area contributed by atoms with Crippen molar-refractivity contribution in [3.63, 3.8) is 0 Å². The molecule has 2 heterocycles. The number of thioether (sulfide) groups is 1. The van der Waals surface area contributed by atoms with Crippen molar-refractivity contribution in [3.8, 4) is 11.3 Å². The van der Waals surface area contributed by atoms with Crippen molar-refractivity contribution < 1.29 is 8.78 Å². The Kier molecular flexibility index (Phi) is 3.63. The van der Waals surface area contributed by atoms with E-state index in [9.17, 15) is 8.78 Å². The molecule has 0 aliphatic carbocycles. The average Bonchev–Trinajstić information content (AvgIpc) is 2.81. The number of hydrogen-bond acceptors (Lipinski definition) is 2. The molecule has 0 saturated heterocycles. The third kappa shape index (κ3) is 2.78. The van der Waals surface area contributed by atoms with Gasteiger partial charge in [0.05, 0.1) is 10.7 Å². The molecule has 0 atom stereocenters. The summed E-state index contributed by atoms with van der Waals surface area (Å²) in [7, 11) is 0. The van der Waals surface area contributed by atoms with Crippen LogP contribution in [0.4, 0.5) is 8.78 Å². The highest BCUT2D eigenvalue weighted by Crippen LogP contribution is 2.28. The van der Waals surface area contributed by atoms with Crippen LogP contribution in [-0.4, -0.2) is 15.1 Å². The number of nitrogens with zero attached hydrogens (tertiary/aromatic N) is 2. The Morgan fingerprint density at radius 3 is 2.50 bits per heavy atom. The molecule has 0 radical (unpaired) electrons. The van der Waals surface area contributed by atoms with Crippen molar-refractivity contribution in [3.05, 3.63) is 53.8 Å². The van der Waals surface area contributed by atoms with Crippen LogP contribution in [-0.2, 0) is 0 Å². The lowest BCUT2D eigenvalue weighted by Gasteiger charge is -2.01. The van der Waals surface area contributed by atoms with Crippen molar-refractivity contribution in [2.45, 2.75) is 10.7 Å². The van der Waals surface area contributed by atoms with Gasteiger partial charge in [-0.15, -0.1) is 0 Å². The third-order valence-corrected chi connectivity index (χ3v) is 3.74. The molecule has 2 aromatic heterocycles. The van der Waals surface area contributed by atoms with Gasteiger partial charge in [-0.1, -0.05) is 35.5 Å². The Labute approximate surface area is 123 Å². The monoisotopic (exact) mass is 310 g/mol. The second-order valence-corrected chi connectivity index (χ2v) is 5.64. The lowest BCUT2D eigenvalue weighted by atomic mass is 10.2. The van der Waals surface area contributed by atoms with Crippen molar-refractivity contribution in [2.75, 3.05) is 0 Å². The highest BCUT2D eigenvalue weighted by Gasteiger charge is 2.07. The van der Waals surface area contributed by atoms with Crippen LogP contribution in [0.3, 0.4) is 0 Å². The summed E-state index contributed by atoms with van der Waals surface area (Å²) in [4.78, 5) is 5.00. The van der Waals surface area contributed by atoms with Crippen molar-refractivity contribution in [1.82, 2.24) is 9.38 Å². The summed E-state index contributed by atoms with van der Waals surface area (Å²) in [5.74, 6) is -2.40. The number of aromatic nitrogens is 2. The van der Waals surface area contributed by atoms with Gasteiger partial charge < -0.3 is 4.40 Å². The van der Waals surface area contributed by atoms with Crippen LogP contribution in [0.5, 0.6) is 0 Å². The first-order valence-corrected chi connectivity index (χ1v) is 7.07. The van der Waals surface area contributed by atoms with Gasteiger partial charge in [-0.3, -0.25) is 0 Å². The number of benzene rings is 1. The van der Waals surface area contributed by atoms with E-state index >= 15 is 0 Å². The first kappa shape index (κ1) is 13.4. The minimum absolute atomic E-state index is 0.533. The fourth-order valence-corrected chi connectivity index (χ4v) is 2.58. The van der Waals surface area contributed by atoms with Gasteiger partial charge in [0, 0.05) is 22.9 Å². The number of rotatable bonds is 3. The predicted molar refractivity (Wildman–Crippen MR) is 77.5 cm³/mol. The van der Waals surface area contributed by atoms with Crippen LogP contribution in [0.25, 0.3) is 16.9 Å². The van der Waals surface area contributed by atoms with Crippen LogP contribution in [0.2, 0.25) is 5.02 Å². The van der Waals surface area contributed by atoms with Gasteiger partial charge in [0.1, 0.15) is 5.65 Å². The van der Waals surface area contributed by atoms with Crippen molar-refractivity contribution >= 4 is 29.0 Å². The first-order chi connectivity index (χ1) is 9.61. The van der Waals surface area contributed by atoms with Gasteiger partial charge in [-0.05, 0) is 24.3 Å². The van der Waals surface area contributed by atoms with E-state index in [1.807, 2.05) is 16.7 Å². The van der Waals surface area contributed by atoms with Crippen LogP contribution >= 0.6 is 23.4 Å². The zero-order chi connectivity index (χ0) is 14.1. The highest BCUT2D eigenvalue weighted by atomic mass is 35.5. The molecule has 0 N–H and O–H groups in total. The standard InChI is InChI=1S/C14H9ClF2N2S/c15-10-3-6-13-18-12(8-19(13)7-10)9-1-4-11(5-2-9)20-14(16)17/h1-8,14H. The Balaban J connectivity index is 1.94. The van der Waals surface area contributed by atoms with Gasteiger partial charge >= 0.3 is 0 Å². The molecule has 0 bridgehead atoms. The molecular formula is C14H9ClF2N2S. The van der Waals surface area contributed by atoms with E-state index in [0.29, 0.717) is 21.7 Å². The summed E-state index contributed by atoms with van der Waals surface area (Å²) >= 11 is 6.45. The Bertz CT molecular complexity index is 741. The molecule has 20 heavy (non-hydrogen) atoms.